The zero-order valence-corrected chi connectivity index (χ0v) is 16.6. The van der Waals surface area contributed by atoms with Crippen LogP contribution >= 0.6 is 11.8 Å². The lowest BCUT2D eigenvalue weighted by molar-refractivity contribution is -0.113. The average Bonchev–Trinajstić information content (AvgIpc) is 2.95. The molecular formula is C17H19N5O3S2. The maximum atomic E-state index is 12.5. The Hall–Kier alpha value is -2.59. The number of aromatic nitrogens is 2. The summed E-state index contributed by atoms with van der Waals surface area (Å²) in [7, 11) is -3.78. The molecule has 1 aromatic heterocycles. The van der Waals surface area contributed by atoms with Crippen molar-refractivity contribution in [2.45, 2.75) is 31.2 Å². The summed E-state index contributed by atoms with van der Waals surface area (Å²) in [5, 5.41) is 6.39. The van der Waals surface area contributed by atoms with Crippen molar-refractivity contribution in [3.63, 3.8) is 0 Å². The highest BCUT2D eigenvalue weighted by Gasteiger charge is 2.24. The van der Waals surface area contributed by atoms with Gasteiger partial charge in [-0.25, -0.2) is 23.1 Å². The molecule has 0 saturated carbocycles. The van der Waals surface area contributed by atoms with Crippen LogP contribution in [0.1, 0.15) is 19.5 Å². The maximum absolute atomic E-state index is 12.5. The van der Waals surface area contributed by atoms with Crippen LogP contribution in [-0.4, -0.2) is 29.7 Å². The number of thioether (sulfide) groups is 1. The van der Waals surface area contributed by atoms with Crippen LogP contribution in [-0.2, 0) is 14.8 Å². The zero-order valence-electron chi connectivity index (χ0n) is 15.0. The highest BCUT2D eigenvalue weighted by molar-refractivity contribution is 8.04. The van der Waals surface area contributed by atoms with E-state index in [0.717, 1.165) is 11.4 Å². The fourth-order valence-electron chi connectivity index (χ4n) is 2.47. The first-order valence-corrected chi connectivity index (χ1v) is 10.4. The quantitative estimate of drug-likeness (QED) is 0.672. The van der Waals surface area contributed by atoms with Gasteiger partial charge in [-0.15, -0.1) is 0 Å². The summed E-state index contributed by atoms with van der Waals surface area (Å²) in [6.45, 7) is 5.13. The van der Waals surface area contributed by atoms with Crippen LogP contribution in [0.25, 0.3) is 0 Å². The van der Waals surface area contributed by atoms with E-state index in [-0.39, 0.29) is 22.1 Å². The number of Topliss-reactive ketones (excluding diaryl/α,β-unsaturated/α-hetero) is 1. The van der Waals surface area contributed by atoms with E-state index >= 15 is 0 Å². The first-order valence-electron chi connectivity index (χ1n) is 8.09. The fraction of sp³-hybridized carbons (Fsp3) is 0.235. The Morgan fingerprint density at radius 2 is 1.89 bits per heavy atom. The summed E-state index contributed by atoms with van der Waals surface area (Å²) >= 11 is 1.40. The molecule has 27 heavy (non-hydrogen) atoms. The molecule has 0 radical (unpaired) electrons. The highest BCUT2D eigenvalue weighted by atomic mass is 32.2. The molecule has 0 bridgehead atoms. The number of carbonyl (C=O) groups excluding carboxylic acids is 1. The number of benzene rings is 1. The summed E-state index contributed by atoms with van der Waals surface area (Å²) in [4.78, 5) is 20.3. The van der Waals surface area contributed by atoms with Crippen LogP contribution in [0, 0.1) is 6.92 Å². The molecule has 3 N–H and O–H groups in total. The molecule has 2 aromatic rings. The van der Waals surface area contributed by atoms with E-state index in [1.54, 1.807) is 25.1 Å². The summed E-state index contributed by atoms with van der Waals surface area (Å²) in [6, 6.07) is 7.99. The highest BCUT2D eigenvalue weighted by Crippen LogP contribution is 2.31. The number of nitrogens with zero attached hydrogens (tertiary/aromatic N) is 2. The van der Waals surface area contributed by atoms with Gasteiger partial charge in [0.25, 0.3) is 10.0 Å². The number of hydrogen-bond acceptors (Lipinski definition) is 8. The molecule has 10 heteroatoms. The predicted molar refractivity (Wildman–Crippen MR) is 106 cm³/mol. The molecule has 2 heterocycles. The topological polar surface area (TPSA) is 113 Å². The van der Waals surface area contributed by atoms with Crippen molar-refractivity contribution in [1.29, 1.82) is 0 Å². The molecule has 0 saturated heterocycles. The molecule has 0 aliphatic carbocycles. The van der Waals surface area contributed by atoms with Crippen molar-refractivity contribution in [1.82, 2.24) is 15.3 Å². The predicted octanol–water partition coefficient (Wildman–Crippen LogP) is 2.44. The van der Waals surface area contributed by atoms with E-state index in [0.29, 0.717) is 10.6 Å². The van der Waals surface area contributed by atoms with Gasteiger partial charge in [-0.05, 0) is 51.1 Å². The van der Waals surface area contributed by atoms with Crippen LogP contribution in [0.15, 0.2) is 52.0 Å². The number of rotatable bonds is 6. The Balaban J connectivity index is 1.67. The SMILES string of the molecule is CC(=O)C1=C(C)N[C@H](Nc2ccc(S(=O)(=O)Nc3nccc(C)n3)cc2)S1. The maximum Gasteiger partial charge on any atom is 0.264 e. The van der Waals surface area contributed by atoms with E-state index in [1.807, 2.05) is 6.92 Å². The van der Waals surface area contributed by atoms with Crippen molar-refractivity contribution in [2.24, 2.45) is 0 Å². The molecule has 0 spiro atoms. The molecule has 0 amide bonds. The number of ketones is 1. The first-order chi connectivity index (χ1) is 12.7. The Morgan fingerprint density at radius 1 is 1.19 bits per heavy atom. The fourth-order valence-corrected chi connectivity index (χ4v) is 4.49. The molecule has 142 valence electrons. The van der Waals surface area contributed by atoms with Crippen molar-refractivity contribution >= 4 is 39.2 Å². The number of sulfonamides is 1. The number of anilines is 2. The summed E-state index contributed by atoms with van der Waals surface area (Å²) in [6.07, 6.45) is 1.49. The minimum atomic E-state index is -3.78. The molecule has 0 fully saturated rings. The van der Waals surface area contributed by atoms with E-state index < -0.39 is 10.0 Å². The minimum Gasteiger partial charge on any atom is -0.359 e. The van der Waals surface area contributed by atoms with Crippen molar-refractivity contribution in [2.75, 3.05) is 10.0 Å². The van der Waals surface area contributed by atoms with Gasteiger partial charge >= 0.3 is 0 Å². The number of aryl methyl sites for hydroxylation is 1. The summed E-state index contributed by atoms with van der Waals surface area (Å²) in [5.74, 6) is 0.0438. The monoisotopic (exact) mass is 405 g/mol. The standard InChI is InChI=1S/C17H19N5O3S2/c1-10-8-9-18-16(19-10)22-27(24,25)14-6-4-13(5-7-14)21-17-20-11(2)15(26-17)12(3)23/h4-9,17,20-21H,1-3H3,(H,18,19,22)/t17-/m1/s1. The van der Waals surface area contributed by atoms with Gasteiger partial charge in [0.05, 0.1) is 9.80 Å². The molecule has 1 aromatic carbocycles. The second-order valence-corrected chi connectivity index (χ2v) is 8.75. The van der Waals surface area contributed by atoms with Gasteiger partial charge in [-0.3, -0.25) is 4.79 Å². The average molecular weight is 406 g/mol. The van der Waals surface area contributed by atoms with Crippen LogP contribution in [0.4, 0.5) is 11.6 Å². The largest absolute Gasteiger partial charge is 0.359 e. The second-order valence-electron chi connectivity index (χ2n) is 5.95. The molecule has 1 aliphatic heterocycles. The molecule has 1 aliphatic rings. The molecule has 8 nitrogen and oxygen atoms in total. The van der Waals surface area contributed by atoms with E-state index in [2.05, 4.69) is 25.3 Å². The third-order valence-corrected chi connectivity index (χ3v) is 6.37. The number of carbonyl (C=O) groups is 1. The number of hydrogen-bond donors (Lipinski definition) is 3. The first kappa shape index (κ1) is 19.2. The van der Waals surface area contributed by atoms with Crippen molar-refractivity contribution in [3.8, 4) is 0 Å². The van der Waals surface area contributed by atoms with Gasteiger partial charge in [0.2, 0.25) is 5.95 Å². The molecule has 0 unspecified atom stereocenters. The van der Waals surface area contributed by atoms with Crippen molar-refractivity contribution < 1.29 is 13.2 Å². The lowest BCUT2D eigenvalue weighted by Crippen LogP contribution is -2.27. The number of allylic oxidation sites excluding steroid dienone is 2. The van der Waals surface area contributed by atoms with Gasteiger partial charge in [0, 0.05) is 23.3 Å². The van der Waals surface area contributed by atoms with Crippen molar-refractivity contribution in [3.05, 3.63) is 52.8 Å². The Bertz CT molecular complexity index is 1000. The Labute approximate surface area is 161 Å². The van der Waals surface area contributed by atoms with Gasteiger partial charge in [0.15, 0.2) is 5.78 Å². The van der Waals surface area contributed by atoms with Crippen LogP contribution in [0.5, 0.6) is 0 Å². The second kappa shape index (κ2) is 7.57. The Morgan fingerprint density at radius 3 is 2.48 bits per heavy atom. The lowest BCUT2D eigenvalue weighted by Gasteiger charge is -2.15. The van der Waals surface area contributed by atoms with Crippen LogP contribution < -0.4 is 15.4 Å². The molecular weight excluding hydrogens is 386 g/mol. The third kappa shape index (κ3) is 4.58. The third-order valence-electron chi connectivity index (χ3n) is 3.73. The minimum absolute atomic E-state index is 0.0141. The normalized spacial score (nSPS) is 16.8. The van der Waals surface area contributed by atoms with Gasteiger partial charge < -0.3 is 10.6 Å². The van der Waals surface area contributed by atoms with E-state index in [9.17, 15) is 13.2 Å². The summed E-state index contributed by atoms with van der Waals surface area (Å²) in [5.41, 5.74) is 2.03. The van der Waals surface area contributed by atoms with E-state index in [1.165, 1.54) is 37.0 Å². The summed E-state index contributed by atoms with van der Waals surface area (Å²) < 4.78 is 27.3. The molecule has 1 atom stereocenters. The molecule has 3 rings (SSSR count). The zero-order chi connectivity index (χ0) is 19.6. The number of nitrogens with one attached hydrogen (secondary N) is 3. The van der Waals surface area contributed by atoms with E-state index in [4.69, 9.17) is 0 Å². The van der Waals surface area contributed by atoms with Gasteiger partial charge in [0.1, 0.15) is 5.50 Å². The Kier molecular flexibility index (Phi) is 5.38. The van der Waals surface area contributed by atoms with Crippen LogP contribution in [0.2, 0.25) is 0 Å². The lowest BCUT2D eigenvalue weighted by atomic mass is 10.3. The smallest absolute Gasteiger partial charge is 0.264 e. The van der Waals surface area contributed by atoms with Crippen LogP contribution in [0.3, 0.4) is 0 Å². The van der Waals surface area contributed by atoms with Gasteiger partial charge in [-0.1, -0.05) is 11.8 Å². The van der Waals surface area contributed by atoms with Gasteiger partial charge in [-0.2, -0.15) is 0 Å².